The van der Waals surface area contributed by atoms with Gasteiger partial charge in [0.05, 0.1) is 35.3 Å². The van der Waals surface area contributed by atoms with E-state index in [-0.39, 0.29) is 46.8 Å². The second kappa shape index (κ2) is 14.3. The lowest BCUT2D eigenvalue weighted by Crippen LogP contribution is -2.47. The van der Waals surface area contributed by atoms with Crippen molar-refractivity contribution < 1.29 is 27.8 Å². The number of nitrogens with one attached hydrogen (secondary N) is 2. The summed E-state index contributed by atoms with van der Waals surface area (Å²) in [5.74, 6) is -0.0311. The topological polar surface area (TPSA) is 117 Å². The molecule has 1 aliphatic rings. The summed E-state index contributed by atoms with van der Waals surface area (Å²) in [6.45, 7) is 7.09. The first-order valence-electron chi connectivity index (χ1n) is 13.3. The zero-order valence-electron chi connectivity index (χ0n) is 23.0. The molecule has 0 fully saturated rings. The maximum atomic E-state index is 14.0. The summed E-state index contributed by atoms with van der Waals surface area (Å²) in [4.78, 5) is 15.7. The van der Waals surface area contributed by atoms with Crippen molar-refractivity contribution >= 4 is 33.2 Å². The first-order chi connectivity index (χ1) is 18.6. The minimum absolute atomic E-state index is 0.0341. The number of hydrogen-bond acceptors (Lipinski definition) is 7. The molecule has 0 spiro atoms. The minimum atomic E-state index is -3.93. The fourth-order valence-electron chi connectivity index (χ4n) is 4.51. The normalized spacial score (nSPS) is 22.4. The fraction of sp³-hybridized carbons (Fsp3) is 0.536. The number of rotatable bonds is 7. The Balaban J connectivity index is 2.02. The minimum Gasteiger partial charge on any atom is -0.490 e. The maximum absolute atomic E-state index is 14.0. The number of amides is 1. The Labute approximate surface area is 236 Å². The highest BCUT2D eigenvalue weighted by atomic mass is 35.5. The Morgan fingerprint density at radius 3 is 2.54 bits per heavy atom. The van der Waals surface area contributed by atoms with E-state index in [2.05, 4.69) is 10.0 Å². The highest BCUT2D eigenvalue weighted by Gasteiger charge is 2.30. The van der Waals surface area contributed by atoms with Gasteiger partial charge in [-0.05, 0) is 82.6 Å². The van der Waals surface area contributed by atoms with Crippen LogP contribution in [0.15, 0.2) is 47.4 Å². The van der Waals surface area contributed by atoms with Crippen LogP contribution in [0.3, 0.4) is 0 Å². The van der Waals surface area contributed by atoms with Crippen LogP contribution in [0.4, 0.5) is 5.69 Å². The number of sulfonamides is 1. The molecule has 9 nitrogen and oxygen atoms in total. The standard InChI is InChI=1S/C28H40ClN3O6S/c1-19-17-32(20(2)18-33)28(34)25-15-23(31-39(35,36)24-11-8-22(29)9-12-24)10-13-26(25)38-21(3)7-5-6-14-37-27(19)16-30-4/h8-13,15,19-21,27,30-31,33H,5-7,14,16-18H2,1-4H3/t19-,20+,21+,27+/m0/s1. The van der Waals surface area contributed by atoms with Gasteiger partial charge in [0, 0.05) is 36.3 Å². The molecular weight excluding hydrogens is 542 g/mol. The quantitative estimate of drug-likeness (QED) is 0.449. The number of nitrogens with zero attached hydrogens (tertiary/aromatic N) is 1. The van der Waals surface area contributed by atoms with Crippen molar-refractivity contribution in [2.24, 2.45) is 5.92 Å². The number of fused-ring (bicyclic) bond motifs is 1. The molecule has 0 unspecified atom stereocenters. The molecule has 2 aromatic rings. The number of anilines is 1. The van der Waals surface area contributed by atoms with Crippen LogP contribution in [0.5, 0.6) is 5.75 Å². The van der Waals surface area contributed by atoms with Gasteiger partial charge in [-0.3, -0.25) is 9.52 Å². The number of benzene rings is 2. The summed E-state index contributed by atoms with van der Waals surface area (Å²) < 4.78 is 41.0. The van der Waals surface area contributed by atoms with Crippen molar-refractivity contribution in [1.29, 1.82) is 0 Å². The highest BCUT2D eigenvalue weighted by molar-refractivity contribution is 7.92. The van der Waals surface area contributed by atoms with Crippen molar-refractivity contribution in [3.05, 3.63) is 53.1 Å². The zero-order valence-corrected chi connectivity index (χ0v) is 24.6. The van der Waals surface area contributed by atoms with Gasteiger partial charge in [0.1, 0.15) is 5.75 Å². The monoisotopic (exact) mass is 581 g/mol. The summed E-state index contributed by atoms with van der Waals surface area (Å²) in [7, 11) is -2.06. The SMILES string of the molecule is CNC[C@H]1OCCCC[C@@H](C)Oc2ccc(NS(=O)(=O)c3ccc(Cl)cc3)cc2C(=O)N([C@H](C)CO)C[C@@H]1C. The summed E-state index contributed by atoms with van der Waals surface area (Å²) >= 11 is 5.91. The largest absolute Gasteiger partial charge is 0.490 e. The van der Waals surface area contributed by atoms with Crippen LogP contribution in [0.1, 0.15) is 50.4 Å². The van der Waals surface area contributed by atoms with Gasteiger partial charge in [-0.1, -0.05) is 18.5 Å². The van der Waals surface area contributed by atoms with Gasteiger partial charge in [-0.15, -0.1) is 0 Å². The predicted octanol–water partition coefficient (Wildman–Crippen LogP) is 4.16. The molecule has 4 atom stereocenters. The van der Waals surface area contributed by atoms with Crippen LogP contribution in [0, 0.1) is 5.92 Å². The molecule has 3 N–H and O–H groups in total. The van der Waals surface area contributed by atoms with E-state index in [4.69, 9.17) is 21.1 Å². The van der Waals surface area contributed by atoms with Crippen LogP contribution in [0.25, 0.3) is 0 Å². The van der Waals surface area contributed by atoms with Gasteiger partial charge < -0.3 is 24.8 Å². The van der Waals surface area contributed by atoms with E-state index in [1.165, 1.54) is 30.3 Å². The average molecular weight is 582 g/mol. The van der Waals surface area contributed by atoms with Gasteiger partial charge in [0.15, 0.2) is 0 Å². The molecule has 0 aliphatic carbocycles. The first-order valence-corrected chi connectivity index (χ1v) is 15.2. The predicted molar refractivity (Wildman–Crippen MR) is 153 cm³/mol. The van der Waals surface area contributed by atoms with Crippen molar-refractivity contribution in [2.75, 3.05) is 38.1 Å². The molecule has 0 radical (unpaired) electrons. The highest BCUT2D eigenvalue weighted by Crippen LogP contribution is 2.29. The molecule has 0 bridgehead atoms. The molecule has 0 saturated carbocycles. The number of carbonyl (C=O) groups excluding carboxylic acids is 1. The number of halogens is 1. The average Bonchev–Trinajstić information content (AvgIpc) is 2.90. The van der Waals surface area contributed by atoms with E-state index < -0.39 is 16.1 Å². The molecule has 1 heterocycles. The van der Waals surface area contributed by atoms with Crippen LogP contribution in [0.2, 0.25) is 5.02 Å². The molecule has 1 amide bonds. The zero-order chi connectivity index (χ0) is 28.6. The Morgan fingerprint density at radius 1 is 1.15 bits per heavy atom. The molecule has 39 heavy (non-hydrogen) atoms. The van der Waals surface area contributed by atoms with Crippen LogP contribution in [-0.2, 0) is 14.8 Å². The van der Waals surface area contributed by atoms with Gasteiger partial charge >= 0.3 is 0 Å². The Kier molecular flexibility index (Phi) is 11.4. The lowest BCUT2D eigenvalue weighted by Gasteiger charge is -2.34. The molecule has 0 saturated heterocycles. The molecule has 216 valence electrons. The van der Waals surface area contributed by atoms with E-state index in [0.717, 1.165) is 19.3 Å². The number of ether oxygens (including phenoxy) is 2. The lowest BCUT2D eigenvalue weighted by atomic mass is 10.0. The van der Waals surface area contributed by atoms with Crippen molar-refractivity contribution in [2.45, 2.75) is 63.2 Å². The molecule has 11 heteroatoms. The second-order valence-corrected chi connectivity index (χ2v) is 12.2. The number of carbonyl (C=O) groups is 1. The van der Waals surface area contributed by atoms with Gasteiger partial charge in [0.2, 0.25) is 0 Å². The van der Waals surface area contributed by atoms with Crippen molar-refractivity contribution in [3.8, 4) is 5.75 Å². The Bertz CT molecular complexity index is 1190. The summed E-state index contributed by atoms with van der Waals surface area (Å²) in [5, 5.41) is 13.6. The van der Waals surface area contributed by atoms with E-state index in [9.17, 15) is 18.3 Å². The third-order valence-electron chi connectivity index (χ3n) is 6.83. The molecule has 2 aromatic carbocycles. The van der Waals surface area contributed by atoms with Crippen LogP contribution >= 0.6 is 11.6 Å². The molecular formula is C28H40ClN3O6S. The third-order valence-corrected chi connectivity index (χ3v) is 8.48. The van der Waals surface area contributed by atoms with Crippen molar-refractivity contribution in [1.82, 2.24) is 10.2 Å². The van der Waals surface area contributed by atoms with E-state index in [0.29, 0.717) is 30.5 Å². The van der Waals surface area contributed by atoms with Gasteiger partial charge in [-0.25, -0.2) is 8.42 Å². The summed E-state index contributed by atoms with van der Waals surface area (Å²) in [5.41, 5.74) is 0.435. The number of aliphatic hydroxyl groups excluding tert-OH is 1. The second-order valence-electron chi connectivity index (χ2n) is 10.1. The van der Waals surface area contributed by atoms with E-state index in [1.807, 2.05) is 20.9 Å². The number of likely N-dealkylation sites (N-methyl/N-ethyl adjacent to an activating group) is 1. The summed E-state index contributed by atoms with van der Waals surface area (Å²) in [6.07, 6.45) is 2.26. The first kappa shape index (κ1) is 31.2. The smallest absolute Gasteiger partial charge is 0.261 e. The van der Waals surface area contributed by atoms with Crippen LogP contribution < -0.4 is 14.8 Å². The molecule has 0 aromatic heterocycles. The van der Waals surface area contributed by atoms with Gasteiger partial charge in [0.25, 0.3) is 15.9 Å². The third kappa shape index (κ3) is 8.56. The maximum Gasteiger partial charge on any atom is 0.261 e. The van der Waals surface area contributed by atoms with E-state index in [1.54, 1.807) is 24.0 Å². The van der Waals surface area contributed by atoms with E-state index >= 15 is 0 Å². The Hall–Kier alpha value is -2.37. The molecule has 1 aliphatic heterocycles. The van der Waals surface area contributed by atoms with Gasteiger partial charge in [-0.2, -0.15) is 0 Å². The van der Waals surface area contributed by atoms with Crippen LogP contribution in [-0.4, -0.2) is 75.9 Å². The summed E-state index contributed by atoms with van der Waals surface area (Å²) in [6, 6.07) is 10.0. The number of hydrogen-bond donors (Lipinski definition) is 3. The lowest BCUT2D eigenvalue weighted by molar-refractivity contribution is -0.000450. The molecule has 3 rings (SSSR count). The van der Waals surface area contributed by atoms with Crippen molar-refractivity contribution in [3.63, 3.8) is 0 Å². The Morgan fingerprint density at radius 2 is 1.87 bits per heavy atom. The number of aliphatic hydroxyl groups is 1. The fourth-order valence-corrected chi connectivity index (χ4v) is 5.68.